The molecule has 4 aliphatic rings. The molecule has 4 rings (SSSR count). The van der Waals surface area contributed by atoms with Gasteiger partial charge in [-0.15, -0.1) is 0 Å². The van der Waals surface area contributed by atoms with Crippen LogP contribution in [0.4, 0.5) is 0 Å². The van der Waals surface area contributed by atoms with Crippen LogP contribution >= 0.6 is 0 Å². The largest absolute Gasteiger partial charge is 0.462 e. The maximum atomic E-state index is 12.5. The van der Waals surface area contributed by atoms with Gasteiger partial charge in [0.05, 0.1) is 0 Å². The number of Topliss-reactive ketones (excluding diaryl/α,β-unsaturated/α-hetero) is 1. The number of hydrogen-bond donors (Lipinski definition) is 0. The van der Waals surface area contributed by atoms with E-state index >= 15 is 0 Å². The Morgan fingerprint density at radius 2 is 1.83 bits per heavy atom. The zero-order valence-electron chi connectivity index (χ0n) is 15.5. The molecule has 0 saturated heterocycles. The third kappa shape index (κ3) is 2.22. The molecule has 0 aromatic carbocycles. The molecular formula is C21H32O3. The van der Waals surface area contributed by atoms with Crippen molar-refractivity contribution in [2.75, 3.05) is 0 Å². The van der Waals surface area contributed by atoms with Crippen molar-refractivity contribution in [1.29, 1.82) is 0 Å². The fourth-order valence-electron chi connectivity index (χ4n) is 7.44. The van der Waals surface area contributed by atoms with Crippen molar-refractivity contribution in [1.82, 2.24) is 0 Å². The van der Waals surface area contributed by atoms with Crippen LogP contribution in [0.1, 0.15) is 78.6 Å². The lowest BCUT2D eigenvalue weighted by Crippen LogP contribution is -2.57. The number of rotatable bonds is 1. The highest BCUT2D eigenvalue weighted by atomic mass is 16.5. The number of ketones is 1. The number of hydrogen-bond acceptors (Lipinski definition) is 3. The molecule has 0 aliphatic heterocycles. The van der Waals surface area contributed by atoms with Crippen LogP contribution in [0.15, 0.2) is 0 Å². The van der Waals surface area contributed by atoms with Crippen LogP contribution in [0, 0.1) is 34.5 Å². The molecule has 0 radical (unpaired) electrons. The van der Waals surface area contributed by atoms with Crippen LogP contribution in [0.2, 0.25) is 0 Å². The van der Waals surface area contributed by atoms with Crippen LogP contribution in [-0.4, -0.2) is 17.9 Å². The second kappa shape index (κ2) is 5.57. The van der Waals surface area contributed by atoms with Crippen LogP contribution in [0.3, 0.4) is 0 Å². The highest BCUT2D eigenvalue weighted by Crippen LogP contribution is 2.65. The summed E-state index contributed by atoms with van der Waals surface area (Å²) < 4.78 is 5.86. The molecular weight excluding hydrogens is 300 g/mol. The van der Waals surface area contributed by atoms with Gasteiger partial charge in [-0.3, -0.25) is 9.59 Å². The van der Waals surface area contributed by atoms with Crippen LogP contribution < -0.4 is 0 Å². The van der Waals surface area contributed by atoms with Crippen LogP contribution in [-0.2, 0) is 14.3 Å². The van der Waals surface area contributed by atoms with E-state index in [1.807, 2.05) is 0 Å². The SMILES string of the molecule is CC(=O)O[C@@H]1C[C@@H]2[C@H](CC[C@]3(C)C(=O)CC[C@@H]23)[C@@]2(C)CCCC[C@H]12. The molecule has 0 unspecified atom stereocenters. The maximum Gasteiger partial charge on any atom is 0.302 e. The van der Waals surface area contributed by atoms with E-state index in [0.717, 1.165) is 31.6 Å². The van der Waals surface area contributed by atoms with Gasteiger partial charge in [-0.25, -0.2) is 0 Å². The molecule has 134 valence electrons. The predicted molar refractivity (Wildman–Crippen MR) is 92.3 cm³/mol. The van der Waals surface area contributed by atoms with Gasteiger partial charge in [0.2, 0.25) is 0 Å². The normalized spacial score (nSPS) is 50.6. The molecule has 3 heteroatoms. The molecule has 0 heterocycles. The van der Waals surface area contributed by atoms with E-state index in [9.17, 15) is 9.59 Å². The van der Waals surface area contributed by atoms with Gasteiger partial charge in [0.15, 0.2) is 0 Å². The minimum atomic E-state index is -0.132. The summed E-state index contributed by atoms with van der Waals surface area (Å²) in [4.78, 5) is 24.3. The van der Waals surface area contributed by atoms with Gasteiger partial charge in [0.1, 0.15) is 11.9 Å². The molecule has 0 aromatic heterocycles. The lowest BCUT2D eigenvalue weighted by molar-refractivity contribution is -0.183. The molecule has 4 aliphatic carbocycles. The van der Waals surface area contributed by atoms with Crippen LogP contribution in [0.5, 0.6) is 0 Å². The Hall–Kier alpha value is -0.860. The maximum absolute atomic E-state index is 12.5. The van der Waals surface area contributed by atoms with Gasteiger partial charge in [-0.2, -0.15) is 0 Å². The van der Waals surface area contributed by atoms with Gasteiger partial charge >= 0.3 is 5.97 Å². The fourth-order valence-corrected chi connectivity index (χ4v) is 7.44. The highest BCUT2D eigenvalue weighted by molar-refractivity contribution is 5.87. The zero-order chi connectivity index (χ0) is 17.1. The fraction of sp³-hybridized carbons (Fsp3) is 0.905. The van der Waals surface area contributed by atoms with Crippen molar-refractivity contribution in [2.24, 2.45) is 34.5 Å². The first kappa shape index (κ1) is 16.6. The van der Waals surface area contributed by atoms with Crippen molar-refractivity contribution in [3.05, 3.63) is 0 Å². The first-order chi connectivity index (χ1) is 11.4. The quantitative estimate of drug-likeness (QED) is 0.663. The average Bonchev–Trinajstić information content (AvgIpc) is 2.82. The third-order valence-electron chi connectivity index (χ3n) is 8.59. The smallest absolute Gasteiger partial charge is 0.302 e. The summed E-state index contributed by atoms with van der Waals surface area (Å²) in [6, 6.07) is 0. The van der Waals surface area contributed by atoms with Crippen molar-refractivity contribution in [3.63, 3.8) is 0 Å². The first-order valence-electron chi connectivity index (χ1n) is 10.1. The molecule has 4 saturated carbocycles. The average molecular weight is 332 g/mol. The molecule has 3 nitrogen and oxygen atoms in total. The zero-order valence-corrected chi connectivity index (χ0v) is 15.5. The minimum absolute atomic E-state index is 0.0760. The standard InChI is InChI=1S/C21H32O3/c1-13(22)24-18-12-14-15-7-8-19(23)21(15,3)11-9-16(14)20(2)10-5-4-6-17(18)20/h14-18H,4-12H2,1-3H3/t14-,15-,16-,17+,18+,20+,21-/m0/s1. The molecule has 24 heavy (non-hydrogen) atoms. The number of carbonyl (C=O) groups is 2. The number of ether oxygens (including phenoxy) is 1. The lowest BCUT2D eigenvalue weighted by atomic mass is 9.44. The Kier molecular flexibility index (Phi) is 3.85. The van der Waals surface area contributed by atoms with E-state index in [2.05, 4.69) is 13.8 Å². The van der Waals surface area contributed by atoms with E-state index in [0.29, 0.717) is 29.0 Å². The summed E-state index contributed by atoms with van der Waals surface area (Å²) >= 11 is 0. The Bertz CT molecular complexity index is 555. The van der Waals surface area contributed by atoms with Crippen molar-refractivity contribution in [2.45, 2.75) is 84.7 Å². The number of fused-ring (bicyclic) bond motifs is 5. The summed E-state index contributed by atoms with van der Waals surface area (Å²) in [5.74, 6) is 2.69. The second-order valence-corrected chi connectivity index (χ2v) is 9.54. The van der Waals surface area contributed by atoms with Crippen molar-refractivity contribution < 1.29 is 14.3 Å². The number of carbonyl (C=O) groups excluding carboxylic acids is 2. The summed E-state index contributed by atoms with van der Waals surface area (Å²) in [7, 11) is 0. The highest BCUT2D eigenvalue weighted by Gasteiger charge is 2.62. The van der Waals surface area contributed by atoms with E-state index < -0.39 is 0 Å². The molecule has 7 atom stereocenters. The molecule has 0 aromatic rings. The third-order valence-corrected chi connectivity index (χ3v) is 8.59. The molecule has 0 spiro atoms. The van der Waals surface area contributed by atoms with E-state index in [-0.39, 0.29) is 17.5 Å². The van der Waals surface area contributed by atoms with Gasteiger partial charge in [-0.05, 0) is 61.7 Å². The topological polar surface area (TPSA) is 43.4 Å². The summed E-state index contributed by atoms with van der Waals surface area (Å²) in [5, 5.41) is 0. The summed E-state index contributed by atoms with van der Waals surface area (Å²) in [5.41, 5.74) is 0.202. The Morgan fingerprint density at radius 3 is 2.58 bits per heavy atom. The second-order valence-electron chi connectivity index (χ2n) is 9.54. The summed E-state index contributed by atoms with van der Waals surface area (Å²) in [6.45, 7) is 6.25. The van der Waals surface area contributed by atoms with Crippen LogP contribution in [0.25, 0.3) is 0 Å². The van der Waals surface area contributed by atoms with Crippen molar-refractivity contribution in [3.8, 4) is 0 Å². The predicted octanol–water partition coefficient (Wildman–Crippen LogP) is 4.53. The van der Waals surface area contributed by atoms with Gasteiger partial charge in [0, 0.05) is 24.7 Å². The van der Waals surface area contributed by atoms with Crippen molar-refractivity contribution >= 4 is 11.8 Å². The first-order valence-corrected chi connectivity index (χ1v) is 10.1. The van der Waals surface area contributed by atoms with Gasteiger partial charge in [0.25, 0.3) is 0 Å². The lowest BCUT2D eigenvalue weighted by Gasteiger charge is -2.61. The Labute approximate surface area is 145 Å². The van der Waals surface area contributed by atoms with Gasteiger partial charge in [-0.1, -0.05) is 26.7 Å². The van der Waals surface area contributed by atoms with E-state index in [1.54, 1.807) is 6.92 Å². The van der Waals surface area contributed by atoms with E-state index in [1.165, 1.54) is 32.1 Å². The Balaban J connectivity index is 1.69. The number of esters is 1. The van der Waals surface area contributed by atoms with Gasteiger partial charge < -0.3 is 4.74 Å². The summed E-state index contributed by atoms with van der Waals surface area (Å²) in [6.07, 6.45) is 10.2. The minimum Gasteiger partial charge on any atom is -0.462 e. The monoisotopic (exact) mass is 332 g/mol. The molecule has 0 amide bonds. The molecule has 4 fully saturated rings. The molecule has 0 bridgehead atoms. The molecule has 0 N–H and O–H groups in total. The Morgan fingerprint density at radius 1 is 1.04 bits per heavy atom. The van der Waals surface area contributed by atoms with E-state index in [4.69, 9.17) is 4.74 Å².